The lowest BCUT2D eigenvalue weighted by Crippen LogP contribution is -2.13. The summed E-state index contributed by atoms with van der Waals surface area (Å²) in [6.45, 7) is 1.64. The monoisotopic (exact) mass is 334 g/mol. The number of nitrogens with one attached hydrogen (secondary N) is 1. The molecule has 0 unspecified atom stereocenters. The van der Waals surface area contributed by atoms with Crippen molar-refractivity contribution in [2.75, 3.05) is 4.72 Å². The number of hydrogen-bond donors (Lipinski definition) is 1. The Balaban J connectivity index is 2.33. The van der Waals surface area contributed by atoms with Gasteiger partial charge in [-0.15, -0.1) is 0 Å². The average Bonchev–Trinajstić information content (AvgIpc) is 2.67. The molecule has 1 heterocycles. The van der Waals surface area contributed by atoms with Crippen LogP contribution in [0.25, 0.3) is 0 Å². The first-order valence-corrected chi connectivity index (χ1v) is 7.07. The minimum Gasteiger partial charge on any atom is -0.360 e. The second-order valence-corrected chi connectivity index (χ2v) is 6.04. The van der Waals surface area contributed by atoms with Gasteiger partial charge in [-0.3, -0.25) is 4.72 Å². The maximum absolute atomic E-state index is 13.0. The number of halogens is 2. The molecular formula is C10H8BrFN2O3S. The van der Waals surface area contributed by atoms with E-state index in [1.807, 2.05) is 0 Å². The highest BCUT2D eigenvalue weighted by molar-refractivity contribution is 9.10. The van der Waals surface area contributed by atoms with Gasteiger partial charge in [-0.1, -0.05) is 5.16 Å². The zero-order valence-corrected chi connectivity index (χ0v) is 11.5. The van der Waals surface area contributed by atoms with Crippen molar-refractivity contribution >= 4 is 31.8 Å². The van der Waals surface area contributed by atoms with Gasteiger partial charge in [0.2, 0.25) is 0 Å². The number of hydrogen-bond acceptors (Lipinski definition) is 4. The van der Waals surface area contributed by atoms with Gasteiger partial charge in [0.05, 0.1) is 9.37 Å². The van der Waals surface area contributed by atoms with Crippen molar-refractivity contribution in [2.24, 2.45) is 0 Å². The van der Waals surface area contributed by atoms with Gasteiger partial charge in [0.15, 0.2) is 5.82 Å². The van der Waals surface area contributed by atoms with Crippen LogP contribution in [0.1, 0.15) is 5.76 Å². The lowest BCUT2D eigenvalue weighted by Gasteiger charge is -2.05. The lowest BCUT2D eigenvalue weighted by atomic mass is 10.3. The van der Waals surface area contributed by atoms with Crippen LogP contribution in [0.5, 0.6) is 0 Å². The number of aryl methyl sites for hydroxylation is 1. The van der Waals surface area contributed by atoms with Gasteiger partial charge in [-0.2, -0.15) is 0 Å². The van der Waals surface area contributed by atoms with Gasteiger partial charge >= 0.3 is 0 Å². The predicted octanol–water partition coefficient (Wildman–Crippen LogP) is 2.69. The van der Waals surface area contributed by atoms with Crippen LogP contribution in [0.2, 0.25) is 0 Å². The van der Waals surface area contributed by atoms with E-state index in [1.165, 1.54) is 12.1 Å². The van der Waals surface area contributed by atoms with Crippen LogP contribution in [0, 0.1) is 12.7 Å². The highest BCUT2D eigenvalue weighted by Crippen LogP contribution is 2.22. The second kappa shape index (κ2) is 4.69. The largest absolute Gasteiger partial charge is 0.360 e. The molecule has 0 aliphatic rings. The Labute approximate surface area is 111 Å². The molecule has 1 aromatic carbocycles. The number of rotatable bonds is 3. The maximum atomic E-state index is 13.0. The Morgan fingerprint density at radius 1 is 1.39 bits per heavy atom. The van der Waals surface area contributed by atoms with Crippen molar-refractivity contribution in [3.63, 3.8) is 0 Å². The summed E-state index contributed by atoms with van der Waals surface area (Å²) in [7, 11) is -3.81. The Hall–Kier alpha value is -1.41. The lowest BCUT2D eigenvalue weighted by molar-refractivity contribution is 0.400. The summed E-state index contributed by atoms with van der Waals surface area (Å²) < 4.78 is 43.9. The van der Waals surface area contributed by atoms with E-state index >= 15 is 0 Å². The molecule has 2 aromatic rings. The van der Waals surface area contributed by atoms with E-state index in [2.05, 4.69) is 25.8 Å². The van der Waals surface area contributed by atoms with E-state index in [0.29, 0.717) is 5.76 Å². The fourth-order valence-electron chi connectivity index (χ4n) is 1.26. The number of benzene rings is 1. The SMILES string of the molecule is Cc1cc(NS(=O)(=O)c2ccc(F)c(Br)c2)no1. The number of sulfonamides is 1. The predicted molar refractivity (Wildman–Crippen MR) is 66.1 cm³/mol. The molecule has 96 valence electrons. The summed E-state index contributed by atoms with van der Waals surface area (Å²) in [5, 5.41) is 3.52. The summed E-state index contributed by atoms with van der Waals surface area (Å²) in [5.74, 6) is 0.0205. The Morgan fingerprint density at radius 3 is 2.67 bits per heavy atom. The van der Waals surface area contributed by atoms with E-state index in [4.69, 9.17) is 4.52 Å². The molecule has 8 heteroatoms. The van der Waals surface area contributed by atoms with E-state index < -0.39 is 15.8 Å². The molecule has 0 radical (unpaired) electrons. The summed E-state index contributed by atoms with van der Waals surface area (Å²) in [6.07, 6.45) is 0. The first kappa shape index (κ1) is 13.0. The summed E-state index contributed by atoms with van der Waals surface area (Å²) in [4.78, 5) is -0.0728. The van der Waals surface area contributed by atoms with Crippen LogP contribution in [0.3, 0.4) is 0 Å². The van der Waals surface area contributed by atoms with Crippen LogP contribution in [0.4, 0.5) is 10.2 Å². The zero-order chi connectivity index (χ0) is 13.3. The first-order chi connectivity index (χ1) is 8.38. The first-order valence-electron chi connectivity index (χ1n) is 4.80. The molecule has 0 amide bonds. The van der Waals surface area contributed by atoms with Crippen LogP contribution >= 0.6 is 15.9 Å². The number of nitrogens with zero attached hydrogens (tertiary/aromatic N) is 1. The van der Waals surface area contributed by atoms with Gasteiger partial charge in [0, 0.05) is 6.07 Å². The third-order valence-electron chi connectivity index (χ3n) is 2.07. The van der Waals surface area contributed by atoms with Gasteiger partial charge < -0.3 is 4.52 Å². The van der Waals surface area contributed by atoms with Crippen LogP contribution in [0.15, 0.2) is 38.2 Å². The highest BCUT2D eigenvalue weighted by atomic mass is 79.9. The van der Waals surface area contributed by atoms with Crippen LogP contribution < -0.4 is 4.72 Å². The molecule has 0 fully saturated rings. The fraction of sp³-hybridized carbons (Fsp3) is 0.100. The number of anilines is 1. The summed E-state index contributed by atoms with van der Waals surface area (Å²) >= 11 is 2.93. The minimum absolute atomic E-state index is 0.0710. The molecule has 0 bridgehead atoms. The third kappa shape index (κ3) is 2.70. The molecule has 0 atom stereocenters. The van der Waals surface area contributed by atoms with E-state index in [0.717, 1.165) is 12.1 Å². The molecular weight excluding hydrogens is 327 g/mol. The van der Waals surface area contributed by atoms with Gasteiger partial charge in [0.1, 0.15) is 11.6 Å². The maximum Gasteiger partial charge on any atom is 0.263 e. The average molecular weight is 335 g/mol. The Kier molecular flexibility index (Phi) is 3.40. The third-order valence-corrected chi connectivity index (χ3v) is 4.03. The molecule has 5 nitrogen and oxygen atoms in total. The van der Waals surface area contributed by atoms with Gasteiger partial charge in [0.25, 0.3) is 10.0 Å². The Bertz CT molecular complexity index is 684. The van der Waals surface area contributed by atoms with Crippen LogP contribution in [-0.2, 0) is 10.0 Å². The van der Waals surface area contributed by atoms with Crippen molar-refractivity contribution in [3.8, 4) is 0 Å². The summed E-state index contributed by atoms with van der Waals surface area (Å²) in [6, 6.07) is 4.84. The van der Waals surface area contributed by atoms with E-state index in [1.54, 1.807) is 6.92 Å². The quantitative estimate of drug-likeness (QED) is 0.936. The molecule has 0 saturated heterocycles. The smallest absolute Gasteiger partial charge is 0.263 e. The van der Waals surface area contributed by atoms with Crippen molar-refractivity contribution in [2.45, 2.75) is 11.8 Å². The molecule has 1 N–H and O–H groups in total. The molecule has 2 rings (SSSR count). The van der Waals surface area contributed by atoms with Gasteiger partial charge in [-0.05, 0) is 41.1 Å². The molecule has 0 saturated carbocycles. The van der Waals surface area contributed by atoms with Crippen molar-refractivity contribution in [1.82, 2.24) is 5.16 Å². The summed E-state index contributed by atoms with van der Waals surface area (Å²) in [5.41, 5.74) is 0. The normalized spacial score (nSPS) is 11.5. The van der Waals surface area contributed by atoms with Crippen LogP contribution in [-0.4, -0.2) is 13.6 Å². The standard InChI is InChI=1S/C10H8BrFN2O3S/c1-6-4-10(13-17-6)14-18(15,16)7-2-3-9(12)8(11)5-7/h2-5H,1H3,(H,13,14). The second-order valence-electron chi connectivity index (χ2n) is 3.50. The molecule has 1 aromatic heterocycles. The zero-order valence-electron chi connectivity index (χ0n) is 9.15. The van der Waals surface area contributed by atoms with Crippen molar-refractivity contribution in [3.05, 3.63) is 40.3 Å². The highest BCUT2D eigenvalue weighted by Gasteiger charge is 2.17. The van der Waals surface area contributed by atoms with Crippen molar-refractivity contribution < 1.29 is 17.3 Å². The topological polar surface area (TPSA) is 72.2 Å². The molecule has 18 heavy (non-hydrogen) atoms. The minimum atomic E-state index is -3.81. The van der Waals surface area contributed by atoms with E-state index in [9.17, 15) is 12.8 Å². The number of aromatic nitrogens is 1. The fourth-order valence-corrected chi connectivity index (χ4v) is 2.79. The molecule has 0 aliphatic carbocycles. The van der Waals surface area contributed by atoms with Crippen molar-refractivity contribution in [1.29, 1.82) is 0 Å². The van der Waals surface area contributed by atoms with E-state index in [-0.39, 0.29) is 15.2 Å². The Morgan fingerprint density at radius 2 is 2.11 bits per heavy atom. The molecule has 0 spiro atoms. The van der Waals surface area contributed by atoms with Gasteiger partial charge in [-0.25, -0.2) is 12.8 Å². The molecule has 0 aliphatic heterocycles.